The molecular weight excluding hydrogens is 338 g/mol. The first-order chi connectivity index (χ1) is 9.92. The number of hydrogen-bond acceptors (Lipinski definition) is 4. The van der Waals surface area contributed by atoms with Gasteiger partial charge in [-0.1, -0.05) is 15.9 Å². The molecule has 0 aromatic heterocycles. The van der Waals surface area contributed by atoms with E-state index in [0.29, 0.717) is 11.5 Å². The molecule has 0 fully saturated rings. The zero-order valence-electron chi connectivity index (χ0n) is 11.8. The Morgan fingerprint density at radius 3 is 2.24 bits per heavy atom. The summed E-state index contributed by atoms with van der Waals surface area (Å²) < 4.78 is 11.7. The molecule has 0 aliphatic heterocycles. The number of rotatable bonds is 4. The first kappa shape index (κ1) is 15.3. The molecule has 0 heterocycles. The Labute approximate surface area is 130 Å². The predicted molar refractivity (Wildman–Crippen MR) is 83.3 cm³/mol. The minimum Gasteiger partial charge on any atom is -0.496 e. The number of aryl methyl sites for hydroxylation is 2. The van der Waals surface area contributed by atoms with Crippen molar-refractivity contribution in [2.45, 2.75) is 13.8 Å². The van der Waals surface area contributed by atoms with Gasteiger partial charge in [0, 0.05) is 4.47 Å². The number of nitro groups is 1. The number of hydrogen-bond donors (Lipinski definition) is 0. The van der Waals surface area contributed by atoms with E-state index in [1.165, 1.54) is 19.2 Å². The van der Waals surface area contributed by atoms with E-state index >= 15 is 0 Å². The van der Waals surface area contributed by atoms with Crippen molar-refractivity contribution in [3.8, 4) is 17.2 Å². The topological polar surface area (TPSA) is 61.6 Å². The molecule has 0 unspecified atom stereocenters. The van der Waals surface area contributed by atoms with Gasteiger partial charge in [-0.05, 0) is 49.2 Å². The Morgan fingerprint density at radius 2 is 1.71 bits per heavy atom. The number of benzene rings is 2. The van der Waals surface area contributed by atoms with E-state index in [2.05, 4.69) is 15.9 Å². The van der Waals surface area contributed by atoms with Crippen molar-refractivity contribution in [2.75, 3.05) is 7.11 Å². The lowest BCUT2D eigenvalue weighted by Crippen LogP contribution is -1.95. The molecular formula is C15H14BrNO4. The molecule has 0 saturated heterocycles. The summed E-state index contributed by atoms with van der Waals surface area (Å²) in [5.74, 6) is 1.15. The van der Waals surface area contributed by atoms with Gasteiger partial charge in [-0.3, -0.25) is 10.1 Å². The average Bonchev–Trinajstić information content (AvgIpc) is 2.44. The molecule has 6 heteroatoms. The maximum Gasteiger partial charge on any atom is 0.315 e. The van der Waals surface area contributed by atoms with Crippen LogP contribution < -0.4 is 9.47 Å². The van der Waals surface area contributed by atoms with Crippen LogP contribution in [0.4, 0.5) is 5.69 Å². The summed E-state index contributed by atoms with van der Waals surface area (Å²) in [5, 5.41) is 11.1. The second kappa shape index (κ2) is 6.13. The summed E-state index contributed by atoms with van der Waals surface area (Å²) in [6.07, 6.45) is 0. The van der Waals surface area contributed by atoms with Crippen molar-refractivity contribution in [2.24, 2.45) is 0 Å². The van der Waals surface area contributed by atoms with Gasteiger partial charge in [0.2, 0.25) is 5.75 Å². The van der Waals surface area contributed by atoms with Gasteiger partial charge in [0.25, 0.3) is 0 Å². The number of nitrogens with zero attached hydrogens (tertiary/aromatic N) is 1. The second-order valence-corrected chi connectivity index (χ2v) is 5.36. The van der Waals surface area contributed by atoms with Crippen molar-refractivity contribution >= 4 is 21.6 Å². The van der Waals surface area contributed by atoms with Gasteiger partial charge in [0.15, 0.2) is 0 Å². The van der Waals surface area contributed by atoms with E-state index in [1.807, 2.05) is 26.0 Å². The first-order valence-corrected chi connectivity index (χ1v) is 6.98. The highest BCUT2D eigenvalue weighted by Crippen LogP contribution is 2.36. The zero-order valence-corrected chi connectivity index (χ0v) is 13.4. The van der Waals surface area contributed by atoms with Crippen molar-refractivity contribution in [3.63, 3.8) is 0 Å². The molecule has 0 aliphatic rings. The average molecular weight is 352 g/mol. The highest BCUT2D eigenvalue weighted by molar-refractivity contribution is 9.10. The molecule has 0 amide bonds. The summed E-state index contributed by atoms with van der Waals surface area (Å²) >= 11 is 3.47. The number of methoxy groups -OCH3 is 1. The lowest BCUT2D eigenvalue weighted by atomic mass is 10.1. The Kier molecular flexibility index (Phi) is 4.47. The van der Waals surface area contributed by atoms with E-state index in [0.717, 1.165) is 15.6 Å². The highest BCUT2D eigenvalue weighted by atomic mass is 79.9. The van der Waals surface area contributed by atoms with Crippen molar-refractivity contribution in [3.05, 3.63) is 56.0 Å². The quantitative estimate of drug-likeness (QED) is 0.587. The fourth-order valence-electron chi connectivity index (χ4n) is 1.95. The molecule has 0 atom stereocenters. The maximum absolute atomic E-state index is 11.1. The second-order valence-electron chi connectivity index (χ2n) is 4.56. The smallest absolute Gasteiger partial charge is 0.315 e. The molecule has 0 aliphatic carbocycles. The van der Waals surface area contributed by atoms with E-state index in [4.69, 9.17) is 9.47 Å². The minimum absolute atomic E-state index is 0.132. The molecule has 0 N–H and O–H groups in total. The summed E-state index contributed by atoms with van der Waals surface area (Å²) in [7, 11) is 1.46. The molecule has 0 saturated carbocycles. The van der Waals surface area contributed by atoms with Crippen LogP contribution in [-0.4, -0.2) is 12.0 Å². The van der Waals surface area contributed by atoms with Gasteiger partial charge < -0.3 is 9.47 Å². The van der Waals surface area contributed by atoms with Crippen LogP contribution in [0.25, 0.3) is 0 Å². The minimum atomic E-state index is -0.490. The third-order valence-electron chi connectivity index (χ3n) is 3.00. The summed E-state index contributed by atoms with van der Waals surface area (Å²) in [5.41, 5.74) is 1.87. The van der Waals surface area contributed by atoms with E-state index in [-0.39, 0.29) is 11.4 Å². The third-order valence-corrected chi connectivity index (χ3v) is 4.25. The zero-order chi connectivity index (χ0) is 15.6. The molecule has 2 rings (SSSR count). The monoisotopic (exact) mass is 351 g/mol. The Balaban J connectivity index is 2.42. The van der Waals surface area contributed by atoms with E-state index < -0.39 is 4.92 Å². The van der Waals surface area contributed by atoms with E-state index in [1.54, 1.807) is 6.07 Å². The van der Waals surface area contributed by atoms with Crippen LogP contribution in [0.5, 0.6) is 17.2 Å². The highest BCUT2D eigenvalue weighted by Gasteiger charge is 2.17. The van der Waals surface area contributed by atoms with Crippen LogP contribution >= 0.6 is 15.9 Å². The largest absolute Gasteiger partial charge is 0.496 e. The van der Waals surface area contributed by atoms with Gasteiger partial charge in [-0.2, -0.15) is 0 Å². The molecule has 5 nitrogen and oxygen atoms in total. The van der Waals surface area contributed by atoms with Crippen LogP contribution in [-0.2, 0) is 0 Å². The van der Waals surface area contributed by atoms with Gasteiger partial charge in [-0.25, -0.2) is 0 Å². The molecule has 2 aromatic rings. The van der Waals surface area contributed by atoms with Gasteiger partial charge >= 0.3 is 5.69 Å². The normalized spacial score (nSPS) is 10.3. The Bertz CT molecular complexity index is 677. The molecule has 0 bridgehead atoms. The lowest BCUT2D eigenvalue weighted by molar-refractivity contribution is -0.385. The first-order valence-electron chi connectivity index (χ1n) is 6.19. The number of halogens is 1. The summed E-state index contributed by atoms with van der Waals surface area (Å²) in [6, 6.07) is 8.15. The molecule has 110 valence electrons. The fourth-order valence-corrected chi connectivity index (χ4v) is 2.17. The SMILES string of the molecule is COc1ccc(Oc2cc(C)c(Br)c(C)c2)c([N+](=O)[O-])c1. The van der Waals surface area contributed by atoms with Crippen LogP contribution in [0.2, 0.25) is 0 Å². The van der Waals surface area contributed by atoms with Crippen LogP contribution in [0.3, 0.4) is 0 Å². The number of ether oxygens (including phenoxy) is 2. The molecule has 0 radical (unpaired) electrons. The lowest BCUT2D eigenvalue weighted by Gasteiger charge is -2.10. The van der Waals surface area contributed by atoms with Crippen molar-refractivity contribution in [1.82, 2.24) is 0 Å². The molecule has 0 spiro atoms. The standard InChI is InChI=1S/C15H14BrNO4/c1-9-6-12(7-10(2)15(9)16)21-14-5-4-11(20-3)8-13(14)17(18)19/h4-8H,1-3H3. The summed E-state index contributed by atoms with van der Waals surface area (Å²) in [6.45, 7) is 3.87. The van der Waals surface area contributed by atoms with E-state index in [9.17, 15) is 10.1 Å². The van der Waals surface area contributed by atoms with Gasteiger partial charge in [-0.15, -0.1) is 0 Å². The molecule has 21 heavy (non-hydrogen) atoms. The number of nitro benzene ring substituents is 1. The van der Waals surface area contributed by atoms with Gasteiger partial charge in [0.05, 0.1) is 18.1 Å². The van der Waals surface area contributed by atoms with Crippen LogP contribution in [0.1, 0.15) is 11.1 Å². The Morgan fingerprint density at radius 1 is 1.10 bits per heavy atom. The van der Waals surface area contributed by atoms with Crippen LogP contribution in [0, 0.1) is 24.0 Å². The maximum atomic E-state index is 11.1. The Hall–Kier alpha value is -2.08. The fraction of sp³-hybridized carbons (Fsp3) is 0.200. The van der Waals surface area contributed by atoms with Crippen LogP contribution in [0.15, 0.2) is 34.8 Å². The molecule has 2 aromatic carbocycles. The summed E-state index contributed by atoms with van der Waals surface area (Å²) in [4.78, 5) is 10.6. The van der Waals surface area contributed by atoms with Crippen molar-refractivity contribution < 1.29 is 14.4 Å². The predicted octanol–water partition coefficient (Wildman–Crippen LogP) is 4.78. The third kappa shape index (κ3) is 3.33. The van der Waals surface area contributed by atoms with Gasteiger partial charge in [0.1, 0.15) is 11.5 Å². The van der Waals surface area contributed by atoms with Crippen molar-refractivity contribution in [1.29, 1.82) is 0 Å².